The highest BCUT2D eigenvalue weighted by atomic mass is 19.1. The van der Waals surface area contributed by atoms with Gasteiger partial charge in [0.1, 0.15) is 11.6 Å². The standard InChI is InChI=1S/C22H31FO2/c1-7-10-25-21-12-19-18(11-17(21)15(4)20(23)13-24)16(14(2)3)8-9-22(19,5)6/h8,11-12,14,24H,7,9-10,13H2,1-6H3. The molecule has 1 aromatic rings. The molecule has 0 heterocycles. The van der Waals surface area contributed by atoms with Crippen LogP contribution in [-0.2, 0) is 5.41 Å². The second-order valence-electron chi connectivity index (χ2n) is 7.83. The molecule has 0 unspecified atom stereocenters. The molecule has 25 heavy (non-hydrogen) atoms. The van der Waals surface area contributed by atoms with Gasteiger partial charge in [-0.15, -0.1) is 0 Å². The lowest BCUT2D eigenvalue weighted by Gasteiger charge is -2.34. The summed E-state index contributed by atoms with van der Waals surface area (Å²) < 4.78 is 20.1. The van der Waals surface area contributed by atoms with Crippen molar-refractivity contribution in [3.8, 4) is 5.75 Å². The number of fused-ring (bicyclic) bond motifs is 1. The molecule has 0 saturated carbocycles. The van der Waals surface area contributed by atoms with E-state index in [2.05, 4.69) is 52.8 Å². The molecule has 2 rings (SSSR count). The minimum Gasteiger partial charge on any atom is -0.493 e. The van der Waals surface area contributed by atoms with Crippen LogP contribution in [0.1, 0.15) is 71.1 Å². The second-order valence-corrected chi connectivity index (χ2v) is 7.83. The Balaban J connectivity index is 2.72. The number of rotatable bonds is 6. The molecule has 0 bridgehead atoms. The van der Waals surface area contributed by atoms with E-state index >= 15 is 0 Å². The zero-order valence-corrected chi connectivity index (χ0v) is 16.4. The summed E-state index contributed by atoms with van der Waals surface area (Å²) in [6, 6.07) is 4.14. The first kappa shape index (κ1) is 19.7. The van der Waals surface area contributed by atoms with Crippen LogP contribution in [0.2, 0.25) is 0 Å². The third-order valence-electron chi connectivity index (χ3n) is 5.03. The molecule has 0 saturated heterocycles. The number of hydrogen-bond donors (Lipinski definition) is 1. The minimum atomic E-state index is -0.589. The van der Waals surface area contributed by atoms with Gasteiger partial charge in [0.05, 0.1) is 13.2 Å². The Morgan fingerprint density at radius 2 is 2.00 bits per heavy atom. The van der Waals surface area contributed by atoms with Crippen LogP contribution >= 0.6 is 0 Å². The first-order chi connectivity index (χ1) is 11.7. The fraction of sp³-hybridized carbons (Fsp3) is 0.545. The quantitative estimate of drug-likeness (QED) is 0.696. The lowest BCUT2D eigenvalue weighted by molar-refractivity contribution is 0.298. The SMILES string of the molecule is CCCOc1cc2c(cc1C(C)=C(F)CO)C(C(C)C)=CCC2(C)C. The van der Waals surface area contributed by atoms with Crippen LogP contribution in [0, 0.1) is 5.92 Å². The monoisotopic (exact) mass is 346 g/mol. The highest BCUT2D eigenvalue weighted by Gasteiger charge is 2.31. The van der Waals surface area contributed by atoms with E-state index in [0.29, 0.717) is 23.8 Å². The average Bonchev–Trinajstić information content (AvgIpc) is 2.57. The topological polar surface area (TPSA) is 29.5 Å². The Hall–Kier alpha value is -1.61. The molecular weight excluding hydrogens is 315 g/mol. The number of hydrogen-bond acceptors (Lipinski definition) is 2. The van der Waals surface area contributed by atoms with Gasteiger partial charge in [-0.1, -0.05) is 40.7 Å². The maximum absolute atomic E-state index is 14.1. The normalized spacial score (nSPS) is 17.1. The summed E-state index contributed by atoms with van der Waals surface area (Å²) in [5.74, 6) is 0.600. The number of aliphatic hydroxyl groups excluding tert-OH is 1. The Morgan fingerprint density at radius 3 is 2.56 bits per heavy atom. The highest BCUT2D eigenvalue weighted by molar-refractivity contribution is 5.80. The van der Waals surface area contributed by atoms with E-state index in [-0.39, 0.29) is 5.41 Å². The van der Waals surface area contributed by atoms with Gasteiger partial charge in [0, 0.05) is 5.56 Å². The van der Waals surface area contributed by atoms with E-state index in [0.717, 1.165) is 18.4 Å². The fourth-order valence-electron chi connectivity index (χ4n) is 3.40. The van der Waals surface area contributed by atoms with E-state index in [9.17, 15) is 9.50 Å². The van der Waals surface area contributed by atoms with Gasteiger partial charge >= 0.3 is 0 Å². The van der Waals surface area contributed by atoms with Crippen LogP contribution in [0.15, 0.2) is 24.0 Å². The van der Waals surface area contributed by atoms with Gasteiger partial charge in [0.25, 0.3) is 0 Å². The Labute approximate surface area is 151 Å². The molecule has 1 N–H and O–H groups in total. The molecule has 1 aliphatic carbocycles. The summed E-state index contributed by atoms with van der Waals surface area (Å²) in [4.78, 5) is 0. The molecule has 1 aliphatic rings. The first-order valence-corrected chi connectivity index (χ1v) is 9.21. The van der Waals surface area contributed by atoms with Crippen molar-refractivity contribution in [3.05, 3.63) is 40.7 Å². The van der Waals surface area contributed by atoms with Gasteiger partial charge in [-0.3, -0.25) is 0 Å². The number of benzene rings is 1. The van der Waals surface area contributed by atoms with E-state index in [1.807, 2.05) is 0 Å². The molecule has 0 amide bonds. The van der Waals surface area contributed by atoms with Gasteiger partial charge in [-0.2, -0.15) is 0 Å². The van der Waals surface area contributed by atoms with Crippen LogP contribution in [0.25, 0.3) is 11.1 Å². The molecule has 0 fully saturated rings. The Morgan fingerprint density at radius 1 is 1.32 bits per heavy atom. The van der Waals surface area contributed by atoms with Gasteiger partial charge in [0.15, 0.2) is 0 Å². The van der Waals surface area contributed by atoms with Crippen molar-refractivity contribution in [1.29, 1.82) is 0 Å². The molecular formula is C22H31FO2. The summed E-state index contributed by atoms with van der Waals surface area (Å²) in [6.07, 6.45) is 4.19. The molecule has 3 heteroatoms. The van der Waals surface area contributed by atoms with E-state index in [4.69, 9.17) is 4.74 Å². The van der Waals surface area contributed by atoms with Crippen molar-refractivity contribution < 1.29 is 14.2 Å². The average molecular weight is 346 g/mol. The third kappa shape index (κ3) is 3.98. The summed E-state index contributed by atoms with van der Waals surface area (Å²) in [7, 11) is 0. The van der Waals surface area contributed by atoms with Crippen LogP contribution in [0.3, 0.4) is 0 Å². The van der Waals surface area contributed by atoms with Crippen molar-refractivity contribution in [2.45, 2.75) is 59.8 Å². The predicted octanol–water partition coefficient (Wildman–Crippen LogP) is 5.89. The third-order valence-corrected chi connectivity index (χ3v) is 5.03. The summed E-state index contributed by atoms with van der Waals surface area (Å²) in [6.45, 7) is 12.6. The van der Waals surface area contributed by atoms with E-state index in [1.54, 1.807) is 6.92 Å². The number of allylic oxidation sites excluding steroid dienone is 3. The van der Waals surface area contributed by atoms with Crippen molar-refractivity contribution >= 4 is 11.1 Å². The summed E-state index contributed by atoms with van der Waals surface area (Å²) >= 11 is 0. The molecule has 0 atom stereocenters. The van der Waals surface area contributed by atoms with E-state index < -0.39 is 12.4 Å². The van der Waals surface area contributed by atoms with Gasteiger partial charge in [-0.05, 0) is 65.5 Å². The molecule has 0 spiro atoms. The number of halogens is 1. The molecule has 0 radical (unpaired) electrons. The van der Waals surface area contributed by atoms with E-state index in [1.165, 1.54) is 16.7 Å². The van der Waals surface area contributed by atoms with Gasteiger partial charge in [-0.25, -0.2) is 4.39 Å². The lowest BCUT2D eigenvalue weighted by atomic mass is 9.71. The van der Waals surface area contributed by atoms with Crippen molar-refractivity contribution in [2.75, 3.05) is 13.2 Å². The molecule has 0 aromatic heterocycles. The maximum atomic E-state index is 14.1. The van der Waals surface area contributed by atoms with Crippen LogP contribution in [0.5, 0.6) is 5.75 Å². The zero-order chi connectivity index (χ0) is 18.8. The zero-order valence-electron chi connectivity index (χ0n) is 16.4. The minimum absolute atomic E-state index is 0.0176. The largest absolute Gasteiger partial charge is 0.493 e. The van der Waals surface area contributed by atoms with Crippen molar-refractivity contribution in [2.24, 2.45) is 5.92 Å². The Kier molecular flexibility index (Phi) is 6.10. The van der Waals surface area contributed by atoms with Gasteiger partial charge in [0.2, 0.25) is 0 Å². The highest BCUT2D eigenvalue weighted by Crippen LogP contribution is 2.45. The Bertz CT molecular complexity index is 696. The molecule has 1 aromatic carbocycles. The predicted molar refractivity (Wildman–Crippen MR) is 103 cm³/mol. The van der Waals surface area contributed by atoms with Crippen LogP contribution < -0.4 is 4.74 Å². The second kappa shape index (κ2) is 7.74. The lowest BCUT2D eigenvalue weighted by Crippen LogP contribution is -2.23. The maximum Gasteiger partial charge on any atom is 0.129 e. The van der Waals surface area contributed by atoms with Gasteiger partial charge < -0.3 is 9.84 Å². The number of ether oxygens (including phenoxy) is 1. The number of aliphatic hydroxyl groups is 1. The summed E-state index contributed by atoms with van der Waals surface area (Å²) in [5.41, 5.74) is 4.94. The van der Waals surface area contributed by atoms with Crippen LogP contribution in [-0.4, -0.2) is 18.3 Å². The molecule has 0 aliphatic heterocycles. The fourth-order valence-corrected chi connectivity index (χ4v) is 3.40. The molecule has 138 valence electrons. The van der Waals surface area contributed by atoms with Crippen LogP contribution in [0.4, 0.5) is 4.39 Å². The molecule has 2 nitrogen and oxygen atoms in total. The first-order valence-electron chi connectivity index (χ1n) is 9.21. The van der Waals surface area contributed by atoms with Crippen molar-refractivity contribution in [1.82, 2.24) is 0 Å². The smallest absolute Gasteiger partial charge is 0.129 e. The van der Waals surface area contributed by atoms with Crippen molar-refractivity contribution in [3.63, 3.8) is 0 Å². The summed E-state index contributed by atoms with van der Waals surface area (Å²) in [5, 5.41) is 9.21.